The van der Waals surface area contributed by atoms with Gasteiger partial charge in [0.15, 0.2) is 0 Å². The molecule has 0 amide bonds. The summed E-state index contributed by atoms with van der Waals surface area (Å²) in [5.41, 5.74) is 0.996. The van der Waals surface area contributed by atoms with Crippen molar-refractivity contribution < 1.29 is 4.74 Å². The van der Waals surface area contributed by atoms with Gasteiger partial charge in [0, 0.05) is 8.95 Å². The molecule has 0 unspecified atom stereocenters. The summed E-state index contributed by atoms with van der Waals surface area (Å²) in [7, 11) is 0. The summed E-state index contributed by atoms with van der Waals surface area (Å²) in [6.45, 7) is 2.55. The van der Waals surface area contributed by atoms with E-state index in [1.165, 1.54) is 3.57 Å². The number of rotatable bonds is 3. The Morgan fingerprint density at radius 3 is 2.67 bits per heavy atom. The first-order valence-corrected chi connectivity index (χ1v) is 6.49. The van der Waals surface area contributed by atoms with E-state index in [9.17, 15) is 0 Å². The van der Waals surface area contributed by atoms with Crippen molar-refractivity contribution in [3.05, 3.63) is 43.9 Å². The molecule has 1 aromatic carbocycles. The van der Waals surface area contributed by atoms with Crippen molar-refractivity contribution in [3.63, 3.8) is 0 Å². The smallest absolute Gasteiger partial charge is 0.131 e. The van der Waals surface area contributed by atoms with Crippen LogP contribution in [0.2, 0.25) is 0 Å². The van der Waals surface area contributed by atoms with Crippen LogP contribution in [-0.4, -0.2) is 4.98 Å². The second kappa shape index (κ2) is 4.94. The average Bonchev–Trinajstić information content (AvgIpc) is 2.64. The maximum absolute atomic E-state index is 5.60. The Balaban J connectivity index is 1.96. The molecule has 0 saturated carbocycles. The topological polar surface area (TPSA) is 22.1 Å². The fourth-order valence-electron chi connectivity index (χ4n) is 1.16. The molecule has 4 heteroatoms. The third kappa shape index (κ3) is 3.17. The Hall–Kier alpha value is -0.620. The number of halogens is 1. The second-order valence-corrected chi connectivity index (χ2v) is 5.41. The molecule has 0 aliphatic carbocycles. The van der Waals surface area contributed by atoms with Crippen LogP contribution in [0, 0.1) is 10.5 Å². The maximum Gasteiger partial charge on any atom is 0.131 e. The van der Waals surface area contributed by atoms with Crippen LogP contribution in [0.3, 0.4) is 0 Å². The molecule has 0 spiro atoms. The zero-order valence-electron chi connectivity index (χ0n) is 8.24. The maximum atomic E-state index is 5.60. The fraction of sp³-hybridized carbons (Fsp3) is 0.182. The molecule has 0 bridgehead atoms. The van der Waals surface area contributed by atoms with E-state index in [4.69, 9.17) is 4.74 Å². The van der Waals surface area contributed by atoms with Crippen molar-refractivity contribution in [1.82, 2.24) is 4.98 Å². The predicted molar refractivity (Wildman–Crippen MR) is 70.3 cm³/mol. The van der Waals surface area contributed by atoms with Crippen LogP contribution in [0.1, 0.15) is 10.7 Å². The first kappa shape index (κ1) is 10.9. The zero-order chi connectivity index (χ0) is 10.7. The van der Waals surface area contributed by atoms with Gasteiger partial charge in [0.25, 0.3) is 0 Å². The summed E-state index contributed by atoms with van der Waals surface area (Å²) < 4.78 is 6.81. The Morgan fingerprint density at radius 1 is 1.33 bits per heavy atom. The Morgan fingerprint density at radius 2 is 2.07 bits per heavy atom. The van der Waals surface area contributed by atoms with E-state index in [0.29, 0.717) is 6.61 Å². The van der Waals surface area contributed by atoms with E-state index in [2.05, 4.69) is 27.6 Å². The van der Waals surface area contributed by atoms with Crippen LogP contribution in [0.15, 0.2) is 29.6 Å². The SMILES string of the molecule is Cc1nc(COc2ccc(I)cc2)cs1. The van der Waals surface area contributed by atoms with E-state index in [1.54, 1.807) is 11.3 Å². The standard InChI is InChI=1S/C11H10INOS/c1-8-13-10(7-15-8)6-14-11-4-2-9(12)3-5-11/h2-5,7H,6H2,1H3. The molecule has 0 saturated heterocycles. The van der Waals surface area contributed by atoms with Crippen molar-refractivity contribution in [2.75, 3.05) is 0 Å². The minimum atomic E-state index is 0.547. The van der Waals surface area contributed by atoms with E-state index in [0.717, 1.165) is 16.5 Å². The quantitative estimate of drug-likeness (QED) is 0.801. The molecule has 2 aromatic rings. The molecular weight excluding hydrogens is 321 g/mol. The molecular formula is C11H10INOS. The van der Waals surface area contributed by atoms with Crippen molar-refractivity contribution >= 4 is 33.9 Å². The molecule has 0 atom stereocenters. The molecule has 2 rings (SSSR count). The van der Waals surface area contributed by atoms with E-state index >= 15 is 0 Å². The van der Waals surface area contributed by atoms with Crippen LogP contribution in [0.4, 0.5) is 0 Å². The molecule has 0 aliphatic heterocycles. The zero-order valence-corrected chi connectivity index (χ0v) is 11.2. The van der Waals surface area contributed by atoms with Gasteiger partial charge in [0.2, 0.25) is 0 Å². The van der Waals surface area contributed by atoms with Gasteiger partial charge in [-0.15, -0.1) is 11.3 Å². The summed E-state index contributed by atoms with van der Waals surface area (Å²) in [5.74, 6) is 0.890. The van der Waals surface area contributed by atoms with E-state index in [-0.39, 0.29) is 0 Å². The van der Waals surface area contributed by atoms with Crippen LogP contribution in [0.5, 0.6) is 5.75 Å². The summed E-state index contributed by atoms with van der Waals surface area (Å²) in [4.78, 5) is 4.34. The monoisotopic (exact) mass is 331 g/mol. The third-order valence-electron chi connectivity index (χ3n) is 1.87. The Kier molecular flexibility index (Phi) is 3.58. The lowest BCUT2D eigenvalue weighted by Crippen LogP contribution is -1.95. The number of hydrogen-bond donors (Lipinski definition) is 0. The second-order valence-electron chi connectivity index (χ2n) is 3.10. The molecule has 0 fully saturated rings. The summed E-state index contributed by atoms with van der Waals surface area (Å²) in [5, 5.41) is 3.11. The highest BCUT2D eigenvalue weighted by atomic mass is 127. The lowest BCUT2D eigenvalue weighted by atomic mass is 10.3. The van der Waals surface area contributed by atoms with Gasteiger partial charge in [0.1, 0.15) is 12.4 Å². The number of ether oxygens (including phenoxy) is 1. The average molecular weight is 331 g/mol. The number of hydrogen-bond acceptors (Lipinski definition) is 3. The van der Waals surface area contributed by atoms with Crippen LogP contribution < -0.4 is 4.74 Å². The highest BCUT2D eigenvalue weighted by Gasteiger charge is 1.99. The lowest BCUT2D eigenvalue weighted by molar-refractivity contribution is 0.302. The van der Waals surface area contributed by atoms with Gasteiger partial charge < -0.3 is 4.74 Å². The molecule has 15 heavy (non-hydrogen) atoms. The minimum absolute atomic E-state index is 0.547. The highest BCUT2D eigenvalue weighted by molar-refractivity contribution is 14.1. The first-order valence-electron chi connectivity index (χ1n) is 4.53. The number of thiazole rings is 1. The lowest BCUT2D eigenvalue weighted by Gasteiger charge is -2.03. The molecule has 0 aliphatic rings. The van der Waals surface area contributed by atoms with E-state index < -0.39 is 0 Å². The normalized spacial score (nSPS) is 10.3. The van der Waals surface area contributed by atoms with Crippen LogP contribution in [-0.2, 0) is 6.61 Å². The molecule has 2 nitrogen and oxygen atoms in total. The molecule has 1 aromatic heterocycles. The third-order valence-corrected chi connectivity index (χ3v) is 3.41. The first-order chi connectivity index (χ1) is 7.24. The Labute approximate surface area is 106 Å². The van der Waals surface area contributed by atoms with Gasteiger partial charge in [0.05, 0.1) is 10.7 Å². The largest absolute Gasteiger partial charge is 0.487 e. The number of aryl methyl sites for hydroxylation is 1. The summed E-state index contributed by atoms with van der Waals surface area (Å²) in [6.07, 6.45) is 0. The van der Waals surface area contributed by atoms with Gasteiger partial charge in [-0.05, 0) is 53.8 Å². The molecule has 1 heterocycles. The predicted octanol–water partition coefficient (Wildman–Crippen LogP) is 3.64. The van der Waals surface area contributed by atoms with Gasteiger partial charge in [-0.2, -0.15) is 0 Å². The van der Waals surface area contributed by atoms with Crippen molar-refractivity contribution in [2.24, 2.45) is 0 Å². The van der Waals surface area contributed by atoms with Crippen molar-refractivity contribution in [1.29, 1.82) is 0 Å². The number of aromatic nitrogens is 1. The van der Waals surface area contributed by atoms with Gasteiger partial charge in [-0.3, -0.25) is 0 Å². The highest BCUT2D eigenvalue weighted by Crippen LogP contribution is 2.16. The Bertz CT molecular complexity index is 438. The molecule has 0 N–H and O–H groups in total. The van der Waals surface area contributed by atoms with E-state index in [1.807, 2.05) is 36.6 Å². The van der Waals surface area contributed by atoms with Crippen molar-refractivity contribution in [3.8, 4) is 5.75 Å². The van der Waals surface area contributed by atoms with Crippen LogP contribution in [0.25, 0.3) is 0 Å². The summed E-state index contributed by atoms with van der Waals surface area (Å²) >= 11 is 3.92. The van der Waals surface area contributed by atoms with Gasteiger partial charge >= 0.3 is 0 Å². The fourth-order valence-corrected chi connectivity index (χ4v) is 2.12. The van der Waals surface area contributed by atoms with Crippen molar-refractivity contribution in [2.45, 2.75) is 13.5 Å². The molecule has 0 radical (unpaired) electrons. The van der Waals surface area contributed by atoms with Crippen LogP contribution >= 0.6 is 33.9 Å². The minimum Gasteiger partial charge on any atom is -0.487 e. The molecule has 78 valence electrons. The summed E-state index contributed by atoms with van der Waals surface area (Å²) in [6, 6.07) is 8.01. The number of benzene rings is 1. The number of nitrogens with zero attached hydrogens (tertiary/aromatic N) is 1. The van der Waals surface area contributed by atoms with Gasteiger partial charge in [-0.25, -0.2) is 4.98 Å². The van der Waals surface area contributed by atoms with Gasteiger partial charge in [-0.1, -0.05) is 0 Å².